The minimum absolute atomic E-state index is 0.253. The molecule has 0 unspecified atom stereocenters. The van der Waals surface area contributed by atoms with Gasteiger partial charge in [-0.25, -0.2) is 4.79 Å². The maximum Gasteiger partial charge on any atom is 0.340 e. The number of carbonyl (C=O) groups excluding carboxylic acids is 1. The molecule has 2 aromatic rings. The van der Waals surface area contributed by atoms with Gasteiger partial charge in [0.1, 0.15) is 5.69 Å². The van der Waals surface area contributed by atoms with Crippen molar-refractivity contribution in [2.45, 2.75) is 0 Å². The number of methoxy groups -OCH3 is 1. The highest BCUT2D eigenvalue weighted by Crippen LogP contribution is 2.15. The van der Waals surface area contributed by atoms with Crippen molar-refractivity contribution in [2.24, 2.45) is 0 Å². The molecule has 1 aromatic carbocycles. The molecule has 0 radical (unpaired) electrons. The van der Waals surface area contributed by atoms with Gasteiger partial charge in [0.05, 0.1) is 36.7 Å². The van der Waals surface area contributed by atoms with Crippen molar-refractivity contribution in [2.75, 3.05) is 7.11 Å². The quantitative estimate of drug-likeness (QED) is 0.714. The van der Waals surface area contributed by atoms with E-state index in [2.05, 4.69) is 14.9 Å². The van der Waals surface area contributed by atoms with Gasteiger partial charge < -0.3 is 4.74 Å². The highest BCUT2D eigenvalue weighted by molar-refractivity contribution is 5.93. The summed E-state index contributed by atoms with van der Waals surface area (Å²) in [5.74, 6) is -0.533. The van der Waals surface area contributed by atoms with Crippen LogP contribution in [0.1, 0.15) is 15.9 Å². The summed E-state index contributed by atoms with van der Waals surface area (Å²) < 4.78 is 4.66. The Morgan fingerprint density at radius 3 is 2.71 bits per heavy atom. The van der Waals surface area contributed by atoms with Crippen molar-refractivity contribution >= 4 is 5.97 Å². The fraction of sp³-hybridized carbons (Fsp3) is 0.0909. The van der Waals surface area contributed by atoms with E-state index in [4.69, 9.17) is 5.26 Å². The molecule has 0 spiro atoms. The average molecular weight is 228 g/mol. The first kappa shape index (κ1) is 10.8. The second-order valence-electron chi connectivity index (χ2n) is 3.15. The zero-order chi connectivity index (χ0) is 12.3. The Morgan fingerprint density at radius 2 is 2.12 bits per heavy atom. The third-order valence-corrected chi connectivity index (χ3v) is 2.17. The SMILES string of the molecule is COC(=O)c1cc(C#N)ccc1-n1nccn1. The predicted molar refractivity (Wildman–Crippen MR) is 57.4 cm³/mol. The smallest absolute Gasteiger partial charge is 0.340 e. The second kappa shape index (κ2) is 4.45. The Bertz CT molecular complexity index is 584. The number of hydrogen-bond acceptors (Lipinski definition) is 5. The van der Waals surface area contributed by atoms with Crippen LogP contribution >= 0.6 is 0 Å². The summed E-state index contributed by atoms with van der Waals surface area (Å²) in [6, 6.07) is 6.60. The summed E-state index contributed by atoms with van der Waals surface area (Å²) in [5, 5.41) is 16.7. The summed E-state index contributed by atoms with van der Waals surface area (Å²) >= 11 is 0. The maximum absolute atomic E-state index is 11.6. The van der Waals surface area contributed by atoms with E-state index in [1.54, 1.807) is 12.1 Å². The lowest BCUT2D eigenvalue weighted by atomic mass is 10.1. The number of carbonyl (C=O) groups is 1. The summed E-state index contributed by atoms with van der Waals surface area (Å²) in [6.45, 7) is 0. The second-order valence-corrected chi connectivity index (χ2v) is 3.15. The van der Waals surface area contributed by atoms with Gasteiger partial charge in [-0.2, -0.15) is 20.3 Å². The molecule has 0 atom stereocenters. The number of aromatic nitrogens is 3. The van der Waals surface area contributed by atoms with Crippen LogP contribution < -0.4 is 0 Å². The first-order valence-electron chi connectivity index (χ1n) is 4.75. The molecular weight excluding hydrogens is 220 g/mol. The number of nitrogens with zero attached hydrogens (tertiary/aromatic N) is 4. The molecule has 2 rings (SSSR count). The van der Waals surface area contributed by atoms with Crippen LogP contribution in [0.5, 0.6) is 0 Å². The molecule has 0 fully saturated rings. The molecule has 0 saturated heterocycles. The van der Waals surface area contributed by atoms with Crippen molar-refractivity contribution in [1.29, 1.82) is 5.26 Å². The number of esters is 1. The minimum Gasteiger partial charge on any atom is -0.465 e. The fourth-order valence-corrected chi connectivity index (χ4v) is 1.39. The third-order valence-electron chi connectivity index (χ3n) is 2.17. The molecule has 1 heterocycles. The maximum atomic E-state index is 11.6. The normalized spacial score (nSPS) is 9.65. The summed E-state index contributed by atoms with van der Waals surface area (Å²) in [6.07, 6.45) is 3.00. The summed E-state index contributed by atoms with van der Waals surface area (Å²) in [4.78, 5) is 12.9. The highest BCUT2D eigenvalue weighted by atomic mass is 16.5. The van der Waals surface area contributed by atoms with E-state index < -0.39 is 5.97 Å². The standard InChI is InChI=1S/C11H8N4O2/c1-17-11(16)9-6-8(7-12)2-3-10(9)15-13-4-5-14-15/h2-6H,1H3. The molecule has 6 heteroatoms. The van der Waals surface area contributed by atoms with Crippen molar-refractivity contribution in [3.05, 3.63) is 41.7 Å². The molecule has 0 amide bonds. The van der Waals surface area contributed by atoms with Gasteiger partial charge in [-0.3, -0.25) is 0 Å². The van der Waals surface area contributed by atoms with Crippen LogP contribution in [0.2, 0.25) is 0 Å². The Labute approximate surface area is 97.0 Å². The Hall–Kier alpha value is -2.68. The topological polar surface area (TPSA) is 80.8 Å². The minimum atomic E-state index is -0.533. The molecule has 0 bridgehead atoms. The van der Waals surface area contributed by atoms with E-state index in [0.717, 1.165) is 0 Å². The van der Waals surface area contributed by atoms with Crippen LogP contribution in [0.4, 0.5) is 0 Å². The Kier molecular flexibility index (Phi) is 2.83. The fourth-order valence-electron chi connectivity index (χ4n) is 1.39. The van der Waals surface area contributed by atoms with E-state index in [-0.39, 0.29) is 5.56 Å². The van der Waals surface area contributed by atoms with E-state index in [0.29, 0.717) is 11.3 Å². The molecule has 17 heavy (non-hydrogen) atoms. The monoisotopic (exact) mass is 228 g/mol. The van der Waals surface area contributed by atoms with Crippen LogP contribution in [0.25, 0.3) is 5.69 Å². The lowest BCUT2D eigenvalue weighted by Gasteiger charge is -2.06. The Balaban J connectivity index is 2.60. The van der Waals surface area contributed by atoms with E-state index in [9.17, 15) is 4.79 Å². The number of benzene rings is 1. The zero-order valence-corrected chi connectivity index (χ0v) is 8.99. The molecule has 0 saturated carbocycles. The van der Waals surface area contributed by atoms with Gasteiger partial charge in [-0.15, -0.1) is 0 Å². The Morgan fingerprint density at radius 1 is 1.41 bits per heavy atom. The molecule has 0 N–H and O–H groups in total. The van der Waals surface area contributed by atoms with E-state index >= 15 is 0 Å². The molecule has 1 aromatic heterocycles. The van der Waals surface area contributed by atoms with Crippen molar-refractivity contribution < 1.29 is 9.53 Å². The van der Waals surface area contributed by atoms with Gasteiger partial charge in [0.2, 0.25) is 0 Å². The lowest BCUT2D eigenvalue weighted by Crippen LogP contribution is -2.10. The molecule has 0 aliphatic carbocycles. The van der Waals surface area contributed by atoms with Crippen LogP contribution in [0.15, 0.2) is 30.6 Å². The number of ether oxygens (including phenoxy) is 1. The first-order chi connectivity index (χ1) is 8.26. The summed E-state index contributed by atoms with van der Waals surface area (Å²) in [7, 11) is 1.28. The van der Waals surface area contributed by atoms with Crippen LogP contribution in [0.3, 0.4) is 0 Å². The molecule has 0 aliphatic rings. The third kappa shape index (κ3) is 1.99. The average Bonchev–Trinajstić information content (AvgIpc) is 2.90. The highest BCUT2D eigenvalue weighted by Gasteiger charge is 2.15. The lowest BCUT2D eigenvalue weighted by molar-refractivity contribution is 0.0600. The number of rotatable bonds is 2. The number of nitriles is 1. The first-order valence-corrected chi connectivity index (χ1v) is 4.75. The van der Waals surface area contributed by atoms with Gasteiger partial charge in [-0.1, -0.05) is 0 Å². The molecule has 84 valence electrons. The summed E-state index contributed by atoms with van der Waals surface area (Å²) in [5.41, 5.74) is 1.10. The zero-order valence-electron chi connectivity index (χ0n) is 8.99. The van der Waals surface area contributed by atoms with Crippen molar-refractivity contribution in [1.82, 2.24) is 15.0 Å². The molecular formula is C11H8N4O2. The van der Waals surface area contributed by atoms with Crippen LogP contribution in [0, 0.1) is 11.3 Å². The van der Waals surface area contributed by atoms with Gasteiger partial charge >= 0.3 is 5.97 Å². The number of hydrogen-bond donors (Lipinski definition) is 0. The van der Waals surface area contributed by atoms with Gasteiger partial charge in [0, 0.05) is 0 Å². The van der Waals surface area contributed by atoms with Crippen LogP contribution in [-0.4, -0.2) is 28.1 Å². The van der Waals surface area contributed by atoms with Crippen LogP contribution in [-0.2, 0) is 4.74 Å². The van der Waals surface area contributed by atoms with Crippen molar-refractivity contribution in [3.63, 3.8) is 0 Å². The predicted octanol–water partition coefficient (Wildman–Crippen LogP) is 0.926. The van der Waals surface area contributed by atoms with Gasteiger partial charge in [-0.05, 0) is 18.2 Å². The van der Waals surface area contributed by atoms with E-state index in [1.165, 1.54) is 30.4 Å². The largest absolute Gasteiger partial charge is 0.465 e. The van der Waals surface area contributed by atoms with Gasteiger partial charge in [0.25, 0.3) is 0 Å². The molecule has 0 aliphatic heterocycles. The molecule has 6 nitrogen and oxygen atoms in total. The van der Waals surface area contributed by atoms with Gasteiger partial charge in [0.15, 0.2) is 0 Å². The van der Waals surface area contributed by atoms with E-state index in [1.807, 2.05) is 6.07 Å². The van der Waals surface area contributed by atoms with Crippen molar-refractivity contribution in [3.8, 4) is 11.8 Å².